The minimum absolute atomic E-state index is 0.659. The Balaban J connectivity index is 0.000000340. The van der Waals surface area contributed by atoms with Gasteiger partial charge in [0.2, 0.25) is 0 Å². The lowest BCUT2D eigenvalue weighted by molar-refractivity contribution is 0.837. The van der Waals surface area contributed by atoms with E-state index in [4.69, 9.17) is 11.6 Å². The molecule has 4 rings (SSSR count). The largest absolute Gasteiger partial charge is 0.278 e. The Kier molecular flexibility index (Phi) is 4.43. The Hall–Kier alpha value is -1.02. The summed E-state index contributed by atoms with van der Waals surface area (Å²) in [5.74, 6) is 0.722. The minimum atomic E-state index is 0.659. The fourth-order valence-electron chi connectivity index (χ4n) is 3.13. The van der Waals surface area contributed by atoms with Crippen molar-refractivity contribution in [2.24, 2.45) is 5.41 Å². The lowest BCUT2D eigenvalue weighted by atomic mass is 9.99. The van der Waals surface area contributed by atoms with E-state index in [1.165, 1.54) is 35.8 Å². The van der Waals surface area contributed by atoms with Gasteiger partial charge in [0.15, 0.2) is 0 Å². The molecule has 0 bridgehead atoms. The van der Waals surface area contributed by atoms with Crippen LogP contribution in [0.3, 0.4) is 0 Å². The monoisotopic (exact) mass is 292 g/mol. The van der Waals surface area contributed by atoms with Gasteiger partial charge >= 0.3 is 0 Å². The van der Waals surface area contributed by atoms with Gasteiger partial charge in [-0.15, -0.1) is 0 Å². The molecule has 110 valence electrons. The first-order valence-corrected chi connectivity index (χ1v) is 8.21. The van der Waals surface area contributed by atoms with Crippen LogP contribution in [-0.4, -0.2) is 10.2 Å². The molecule has 2 aliphatic carbocycles. The fraction of sp³-hybridized carbons (Fsp3) is 0.588. The average molecular weight is 293 g/mol. The van der Waals surface area contributed by atoms with Crippen molar-refractivity contribution < 1.29 is 0 Å². The van der Waals surface area contributed by atoms with E-state index in [0.29, 0.717) is 5.41 Å². The first-order valence-electron chi connectivity index (χ1n) is 7.83. The van der Waals surface area contributed by atoms with Gasteiger partial charge in [-0.1, -0.05) is 39.3 Å². The Labute approximate surface area is 126 Å². The van der Waals surface area contributed by atoms with E-state index in [0.717, 1.165) is 16.5 Å². The van der Waals surface area contributed by atoms with Crippen LogP contribution in [0.4, 0.5) is 0 Å². The van der Waals surface area contributed by atoms with Crippen molar-refractivity contribution in [3.05, 3.63) is 28.4 Å². The van der Waals surface area contributed by atoms with Gasteiger partial charge in [-0.05, 0) is 54.7 Å². The van der Waals surface area contributed by atoms with Crippen LogP contribution in [0.2, 0.25) is 5.02 Å². The van der Waals surface area contributed by atoms with E-state index in [-0.39, 0.29) is 0 Å². The molecule has 1 unspecified atom stereocenters. The molecule has 1 N–H and O–H groups in total. The molecule has 2 saturated carbocycles. The van der Waals surface area contributed by atoms with Crippen LogP contribution in [0.25, 0.3) is 10.9 Å². The molecule has 2 aliphatic rings. The molecule has 20 heavy (non-hydrogen) atoms. The minimum Gasteiger partial charge on any atom is -0.278 e. The lowest BCUT2D eigenvalue weighted by Crippen LogP contribution is -1.91. The number of rotatable bonds is 1. The summed E-state index contributed by atoms with van der Waals surface area (Å²) < 4.78 is 0. The summed E-state index contributed by atoms with van der Waals surface area (Å²) in [5.41, 5.74) is 4.42. The number of aromatic nitrogens is 2. The Bertz CT molecular complexity index is 596. The quantitative estimate of drug-likeness (QED) is 0.702. The van der Waals surface area contributed by atoms with Crippen molar-refractivity contribution in [1.29, 1.82) is 0 Å². The molecular formula is C17H25ClN2. The van der Waals surface area contributed by atoms with E-state index in [9.17, 15) is 0 Å². The van der Waals surface area contributed by atoms with Crippen molar-refractivity contribution in [2.75, 3.05) is 0 Å². The average Bonchev–Trinajstić information content (AvgIpc) is 3.35. The van der Waals surface area contributed by atoms with Crippen LogP contribution in [0.5, 0.6) is 0 Å². The van der Waals surface area contributed by atoms with Crippen molar-refractivity contribution in [3.8, 4) is 0 Å². The third kappa shape index (κ3) is 2.35. The molecule has 0 radical (unpaired) electrons. The number of hydrogen-bond donors (Lipinski definition) is 1. The maximum absolute atomic E-state index is 6.41. The molecular weight excluding hydrogens is 268 g/mol. The Morgan fingerprint density at radius 2 is 1.90 bits per heavy atom. The number of nitrogens with one attached hydrogen (secondary N) is 1. The second kappa shape index (κ2) is 5.77. The molecule has 1 spiro atoms. The topological polar surface area (TPSA) is 28.7 Å². The zero-order valence-electron chi connectivity index (χ0n) is 13.2. The summed E-state index contributed by atoms with van der Waals surface area (Å²) in [4.78, 5) is 0. The van der Waals surface area contributed by atoms with Crippen molar-refractivity contribution >= 4 is 22.5 Å². The first-order chi connectivity index (χ1) is 9.71. The van der Waals surface area contributed by atoms with E-state index in [1.54, 1.807) is 0 Å². The molecule has 1 heterocycles. The van der Waals surface area contributed by atoms with Crippen LogP contribution < -0.4 is 0 Å². The number of fused-ring (bicyclic) bond motifs is 1. The van der Waals surface area contributed by atoms with E-state index >= 15 is 0 Å². The van der Waals surface area contributed by atoms with E-state index < -0.39 is 0 Å². The smallest absolute Gasteiger partial charge is 0.0668 e. The molecule has 0 saturated heterocycles. The second-order valence-corrected chi connectivity index (χ2v) is 5.75. The highest BCUT2D eigenvalue weighted by Crippen LogP contribution is 2.75. The molecule has 2 aromatic rings. The van der Waals surface area contributed by atoms with Gasteiger partial charge < -0.3 is 0 Å². The fourth-order valence-corrected chi connectivity index (χ4v) is 3.51. The Morgan fingerprint density at radius 1 is 1.25 bits per heavy atom. The first kappa shape index (κ1) is 15.4. The van der Waals surface area contributed by atoms with Crippen LogP contribution >= 0.6 is 11.6 Å². The molecule has 0 amide bonds. The molecule has 2 nitrogen and oxygen atoms in total. The van der Waals surface area contributed by atoms with Gasteiger partial charge in [0.05, 0.1) is 11.7 Å². The number of H-pyrrole nitrogens is 1. The van der Waals surface area contributed by atoms with Gasteiger partial charge in [0, 0.05) is 10.4 Å². The highest BCUT2D eigenvalue weighted by atomic mass is 35.5. The summed E-state index contributed by atoms with van der Waals surface area (Å²) in [6, 6.07) is 2.03. The molecule has 0 aliphatic heterocycles. The van der Waals surface area contributed by atoms with Crippen LogP contribution in [0.15, 0.2) is 12.3 Å². The predicted octanol–water partition coefficient (Wildman–Crippen LogP) is 5.84. The maximum Gasteiger partial charge on any atom is 0.0668 e. The summed E-state index contributed by atoms with van der Waals surface area (Å²) >= 11 is 6.41. The molecule has 1 aromatic heterocycles. The highest BCUT2D eigenvalue weighted by Gasteiger charge is 2.63. The number of hydrogen-bond acceptors (Lipinski definition) is 1. The third-order valence-corrected chi connectivity index (χ3v) is 4.75. The summed E-state index contributed by atoms with van der Waals surface area (Å²) in [6.45, 7) is 10.2. The van der Waals surface area contributed by atoms with Gasteiger partial charge in [0.1, 0.15) is 0 Å². The van der Waals surface area contributed by atoms with Gasteiger partial charge in [-0.2, -0.15) is 5.10 Å². The molecule has 1 atom stereocenters. The van der Waals surface area contributed by atoms with Crippen LogP contribution in [0.1, 0.15) is 64.0 Å². The van der Waals surface area contributed by atoms with Crippen molar-refractivity contribution in [2.45, 2.75) is 59.8 Å². The molecule has 2 fully saturated rings. The SMILES string of the molecule is CC.CC.Cc1c(C2CC23CC3)c(Cl)cc2[nH]ncc12. The lowest BCUT2D eigenvalue weighted by Gasteiger charge is -2.09. The van der Waals surface area contributed by atoms with Gasteiger partial charge in [-0.3, -0.25) is 5.10 Å². The predicted molar refractivity (Wildman–Crippen MR) is 87.6 cm³/mol. The summed E-state index contributed by atoms with van der Waals surface area (Å²) in [7, 11) is 0. The zero-order valence-corrected chi connectivity index (χ0v) is 13.9. The Morgan fingerprint density at radius 3 is 2.45 bits per heavy atom. The summed E-state index contributed by atoms with van der Waals surface area (Å²) in [6.07, 6.45) is 6.05. The normalized spacial score (nSPS) is 20.8. The van der Waals surface area contributed by atoms with E-state index in [2.05, 4.69) is 17.1 Å². The number of aryl methyl sites for hydroxylation is 1. The second-order valence-electron chi connectivity index (χ2n) is 5.35. The number of nitrogens with zero attached hydrogens (tertiary/aromatic N) is 1. The highest BCUT2D eigenvalue weighted by molar-refractivity contribution is 6.32. The van der Waals surface area contributed by atoms with E-state index in [1.807, 2.05) is 40.0 Å². The van der Waals surface area contributed by atoms with Crippen molar-refractivity contribution in [3.63, 3.8) is 0 Å². The molecule has 3 heteroatoms. The van der Waals surface area contributed by atoms with Crippen LogP contribution in [0, 0.1) is 12.3 Å². The number of aromatic amines is 1. The summed E-state index contributed by atoms with van der Waals surface area (Å²) in [5, 5.41) is 9.23. The maximum atomic E-state index is 6.41. The zero-order chi connectivity index (χ0) is 14.9. The van der Waals surface area contributed by atoms with Crippen LogP contribution in [-0.2, 0) is 0 Å². The number of halogens is 1. The van der Waals surface area contributed by atoms with Gasteiger partial charge in [0.25, 0.3) is 0 Å². The van der Waals surface area contributed by atoms with Gasteiger partial charge in [-0.25, -0.2) is 0 Å². The molecule has 1 aromatic carbocycles. The number of benzene rings is 1. The van der Waals surface area contributed by atoms with Crippen molar-refractivity contribution in [1.82, 2.24) is 10.2 Å². The standard InChI is InChI=1S/C13H13ClN2.2C2H6/c1-7-8-6-15-16-11(8)4-10(14)12(7)9-5-13(9)2-3-13;2*1-2/h4,6,9H,2-3,5H2,1H3,(H,15,16);2*1-2H3. The third-order valence-electron chi connectivity index (χ3n) is 4.44.